The van der Waals surface area contributed by atoms with Crippen molar-refractivity contribution < 1.29 is 26.7 Å². The molecule has 3 rings (SSSR count). The molecule has 0 bridgehead atoms. The highest BCUT2D eigenvalue weighted by Gasteiger charge is 2.46. The van der Waals surface area contributed by atoms with E-state index in [9.17, 15) is 26.7 Å². The van der Waals surface area contributed by atoms with Gasteiger partial charge in [0, 0.05) is 41.4 Å². The summed E-state index contributed by atoms with van der Waals surface area (Å²) in [5, 5.41) is 0. The van der Waals surface area contributed by atoms with Crippen molar-refractivity contribution >= 4 is 21.8 Å². The Kier molecular flexibility index (Phi) is 6.64. The highest BCUT2D eigenvalue weighted by molar-refractivity contribution is 9.10. The molecule has 2 aromatic rings. The molecule has 1 amide bonds. The molecule has 0 saturated carbocycles. The van der Waals surface area contributed by atoms with E-state index in [1.54, 1.807) is 26.0 Å². The predicted octanol–water partition coefficient (Wildman–Crippen LogP) is 5.08. The van der Waals surface area contributed by atoms with E-state index in [0.29, 0.717) is 22.6 Å². The largest absolute Gasteiger partial charge is 0.419 e. The number of aromatic nitrogens is 3. The molecule has 3 heterocycles. The molecule has 2 atom stereocenters. The van der Waals surface area contributed by atoms with Crippen molar-refractivity contribution in [2.24, 2.45) is 5.92 Å². The summed E-state index contributed by atoms with van der Waals surface area (Å²) in [6, 6.07) is 2.76. The molecule has 0 radical (unpaired) electrons. The third-order valence-electron chi connectivity index (χ3n) is 5.22. The van der Waals surface area contributed by atoms with E-state index in [1.807, 2.05) is 0 Å². The Morgan fingerprint density at radius 2 is 1.90 bits per heavy atom. The summed E-state index contributed by atoms with van der Waals surface area (Å²) in [5.74, 6) is -4.06. The number of pyridine rings is 1. The number of hydrogen-bond donors (Lipinski definition) is 0. The highest BCUT2D eigenvalue weighted by atomic mass is 79.9. The van der Waals surface area contributed by atoms with Gasteiger partial charge >= 0.3 is 6.18 Å². The molecule has 0 spiro atoms. The molecule has 0 N–H and O–H groups in total. The normalized spacial score (nSPS) is 21.2. The number of aryl methyl sites for hydroxylation is 2. The van der Waals surface area contributed by atoms with E-state index >= 15 is 0 Å². The first-order valence-corrected chi connectivity index (χ1v) is 10.4. The Morgan fingerprint density at radius 1 is 1.26 bits per heavy atom. The van der Waals surface area contributed by atoms with Gasteiger partial charge in [0.25, 0.3) is 11.8 Å². The Balaban J connectivity index is 1.82. The lowest BCUT2D eigenvalue weighted by molar-refractivity contribution is -0.138. The monoisotopic (exact) mass is 506 g/mol. The minimum atomic E-state index is -4.54. The summed E-state index contributed by atoms with van der Waals surface area (Å²) in [6.45, 7) is 2.57. The number of alkyl halides is 5. The SMILES string of the molecule is Cc1ccc(Br)c(C(=O)N2CC(F)(F)C[C@@H](C)[C@H]2CCc2ncc(C(F)(F)F)cn2)n1. The van der Waals surface area contributed by atoms with E-state index in [4.69, 9.17) is 0 Å². The van der Waals surface area contributed by atoms with Crippen LogP contribution in [0.1, 0.15) is 47.3 Å². The number of nitrogens with zero attached hydrogens (tertiary/aromatic N) is 4. The first-order chi connectivity index (χ1) is 14.4. The van der Waals surface area contributed by atoms with Crippen LogP contribution < -0.4 is 0 Å². The number of hydrogen-bond acceptors (Lipinski definition) is 4. The topological polar surface area (TPSA) is 59.0 Å². The Morgan fingerprint density at radius 3 is 2.52 bits per heavy atom. The second-order valence-corrected chi connectivity index (χ2v) is 8.60. The van der Waals surface area contributed by atoms with Crippen LogP contribution in [0, 0.1) is 12.8 Å². The molecule has 1 fully saturated rings. The zero-order valence-electron chi connectivity index (χ0n) is 16.8. The number of amides is 1. The van der Waals surface area contributed by atoms with Crippen LogP contribution >= 0.6 is 15.9 Å². The molecule has 1 saturated heterocycles. The van der Waals surface area contributed by atoms with Crippen molar-refractivity contribution in [2.45, 2.75) is 51.3 Å². The minimum absolute atomic E-state index is 0.0423. The van der Waals surface area contributed by atoms with E-state index in [0.717, 1.165) is 4.90 Å². The molecular weight excluding hydrogens is 487 g/mol. The number of halogens is 6. The maximum absolute atomic E-state index is 14.3. The third kappa shape index (κ3) is 5.55. The Labute approximate surface area is 184 Å². The summed E-state index contributed by atoms with van der Waals surface area (Å²) >= 11 is 3.25. The molecule has 11 heteroatoms. The van der Waals surface area contributed by atoms with Gasteiger partial charge in [0.2, 0.25) is 0 Å². The molecule has 5 nitrogen and oxygen atoms in total. The second-order valence-electron chi connectivity index (χ2n) is 7.75. The Hall–Kier alpha value is -2.17. The van der Waals surface area contributed by atoms with Crippen molar-refractivity contribution in [3.63, 3.8) is 0 Å². The molecule has 1 aliphatic rings. The van der Waals surface area contributed by atoms with E-state index in [2.05, 4.69) is 30.9 Å². The van der Waals surface area contributed by atoms with Gasteiger partial charge in [0.1, 0.15) is 11.5 Å². The number of piperidine rings is 1. The molecule has 0 unspecified atom stereocenters. The van der Waals surface area contributed by atoms with Crippen molar-refractivity contribution in [2.75, 3.05) is 6.54 Å². The van der Waals surface area contributed by atoms with Gasteiger partial charge in [0.05, 0.1) is 12.1 Å². The van der Waals surface area contributed by atoms with Crippen LogP contribution in [0.25, 0.3) is 0 Å². The second kappa shape index (κ2) is 8.76. The van der Waals surface area contributed by atoms with Crippen LogP contribution in [0.15, 0.2) is 29.0 Å². The standard InChI is InChI=1S/C20H20BrF5N4O/c1-11-7-19(22,23)10-30(18(31)17-14(21)4-3-12(2)29-17)15(11)5-6-16-27-8-13(9-28-16)20(24,25)26/h3-4,8-9,11,15H,5-7,10H2,1-2H3/t11-,15-/m1/s1. The summed E-state index contributed by atoms with van der Waals surface area (Å²) in [4.78, 5) is 25.9. The molecule has 1 aliphatic heterocycles. The van der Waals surface area contributed by atoms with E-state index < -0.39 is 48.5 Å². The zero-order valence-corrected chi connectivity index (χ0v) is 18.3. The number of likely N-dealkylation sites (tertiary alicyclic amines) is 1. The third-order valence-corrected chi connectivity index (χ3v) is 5.86. The maximum atomic E-state index is 14.3. The van der Waals surface area contributed by atoms with Gasteiger partial charge in [-0.15, -0.1) is 0 Å². The van der Waals surface area contributed by atoms with Crippen molar-refractivity contribution in [1.29, 1.82) is 0 Å². The van der Waals surface area contributed by atoms with Crippen LogP contribution in [-0.2, 0) is 12.6 Å². The van der Waals surface area contributed by atoms with Crippen LogP contribution in [0.2, 0.25) is 0 Å². The fourth-order valence-corrected chi connectivity index (χ4v) is 4.13. The van der Waals surface area contributed by atoms with Gasteiger partial charge in [-0.2, -0.15) is 13.2 Å². The average Bonchev–Trinajstić information content (AvgIpc) is 2.67. The smallest absolute Gasteiger partial charge is 0.328 e. The molecule has 168 valence electrons. The minimum Gasteiger partial charge on any atom is -0.328 e. The van der Waals surface area contributed by atoms with Crippen LogP contribution in [-0.4, -0.2) is 44.3 Å². The lowest BCUT2D eigenvalue weighted by atomic mass is 9.85. The molecule has 0 aliphatic carbocycles. The first kappa shape index (κ1) is 23.5. The van der Waals surface area contributed by atoms with Crippen molar-refractivity contribution in [1.82, 2.24) is 19.9 Å². The lowest BCUT2D eigenvalue weighted by Crippen LogP contribution is -2.55. The van der Waals surface area contributed by atoms with Crippen LogP contribution in [0.4, 0.5) is 22.0 Å². The molecular formula is C20H20BrF5N4O. The predicted molar refractivity (Wildman–Crippen MR) is 106 cm³/mol. The van der Waals surface area contributed by atoms with Crippen molar-refractivity contribution in [3.05, 3.63) is 51.8 Å². The van der Waals surface area contributed by atoms with Crippen molar-refractivity contribution in [3.8, 4) is 0 Å². The van der Waals surface area contributed by atoms with Gasteiger partial charge in [-0.05, 0) is 47.3 Å². The fraction of sp³-hybridized carbons (Fsp3) is 0.500. The molecule has 2 aromatic heterocycles. The number of carbonyl (C=O) groups is 1. The van der Waals surface area contributed by atoms with E-state index in [1.165, 1.54) is 0 Å². The molecule has 0 aromatic carbocycles. The fourth-order valence-electron chi connectivity index (χ4n) is 3.74. The average molecular weight is 507 g/mol. The lowest BCUT2D eigenvalue weighted by Gasteiger charge is -2.43. The van der Waals surface area contributed by atoms with Crippen LogP contribution in [0.3, 0.4) is 0 Å². The van der Waals surface area contributed by atoms with Gasteiger partial charge in [-0.25, -0.2) is 23.7 Å². The molecule has 31 heavy (non-hydrogen) atoms. The highest BCUT2D eigenvalue weighted by Crippen LogP contribution is 2.37. The zero-order chi connectivity index (χ0) is 23.0. The summed E-state index contributed by atoms with van der Waals surface area (Å²) in [5.41, 5.74) is -0.354. The Bertz CT molecular complexity index is 952. The van der Waals surface area contributed by atoms with Gasteiger partial charge < -0.3 is 4.90 Å². The van der Waals surface area contributed by atoms with Gasteiger partial charge in [0.15, 0.2) is 0 Å². The summed E-state index contributed by atoms with van der Waals surface area (Å²) in [6.07, 6.45) is -3.17. The summed E-state index contributed by atoms with van der Waals surface area (Å²) in [7, 11) is 0. The summed E-state index contributed by atoms with van der Waals surface area (Å²) < 4.78 is 67.0. The van der Waals surface area contributed by atoms with Gasteiger partial charge in [-0.3, -0.25) is 4.79 Å². The quantitative estimate of drug-likeness (QED) is 0.542. The number of rotatable bonds is 4. The first-order valence-electron chi connectivity index (χ1n) is 9.57. The van der Waals surface area contributed by atoms with E-state index in [-0.39, 0.29) is 24.4 Å². The van der Waals surface area contributed by atoms with Crippen LogP contribution in [0.5, 0.6) is 0 Å². The number of carbonyl (C=O) groups excluding carboxylic acids is 1. The van der Waals surface area contributed by atoms with Gasteiger partial charge in [-0.1, -0.05) is 6.92 Å². The maximum Gasteiger partial charge on any atom is 0.419 e.